The Bertz CT molecular complexity index is 553. The molecule has 0 bridgehead atoms. The first-order valence-electron chi connectivity index (χ1n) is 5.63. The number of amides is 1. The molecule has 2 N–H and O–H groups in total. The number of pyridine rings is 1. The fraction of sp³-hybridized carbons (Fsp3) is 0.143. The third-order valence-corrected chi connectivity index (χ3v) is 2.66. The smallest absolute Gasteiger partial charge is 0.251 e. The van der Waals surface area contributed by atoms with E-state index < -0.39 is 0 Å². The third kappa shape index (κ3) is 2.85. The molecule has 0 aliphatic carbocycles. The van der Waals surface area contributed by atoms with Crippen LogP contribution in [0.4, 0.5) is 0 Å². The van der Waals surface area contributed by atoms with Crippen molar-refractivity contribution in [1.29, 1.82) is 0 Å². The van der Waals surface area contributed by atoms with Crippen LogP contribution in [0.3, 0.4) is 0 Å². The molecule has 18 heavy (non-hydrogen) atoms. The molecule has 2 rings (SSSR count). The number of hydrogen-bond donors (Lipinski definition) is 2. The predicted octanol–water partition coefficient (Wildman–Crippen LogP) is 2.03. The van der Waals surface area contributed by atoms with E-state index in [1.165, 1.54) is 6.07 Å². The zero-order valence-electron chi connectivity index (χ0n) is 10.1. The minimum absolute atomic E-state index is 0.149. The predicted molar refractivity (Wildman–Crippen MR) is 68.3 cm³/mol. The average molecular weight is 242 g/mol. The lowest BCUT2D eigenvalue weighted by molar-refractivity contribution is 0.0950. The summed E-state index contributed by atoms with van der Waals surface area (Å²) in [5, 5.41) is 12.1. The fourth-order valence-corrected chi connectivity index (χ4v) is 1.68. The zero-order chi connectivity index (χ0) is 13.0. The number of hydrogen-bond acceptors (Lipinski definition) is 3. The standard InChI is InChI=1S/C14H14N2O2/c1-10-8-12(17)2-3-13(10)14(18)16-9-11-4-6-15-7-5-11/h2-8,17H,9H2,1H3,(H,16,18). The normalized spacial score (nSPS) is 10.1. The Morgan fingerprint density at radius 2 is 2.00 bits per heavy atom. The fourth-order valence-electron chi connectivity index (χ4n) is 1.68. The van der Waals surface area contributed by atoms with E-state index in [1.807, 2.05) is 12.1 Å². The van der Waals surface area contributed by atoms with Gasteiger partial charge in [-0.15, -0.1) is 0 Å². The van der Waals surface area contributed by atoms with E-state index in [9.17, 15) is 9.90 Å². The van der Waals surface area contributed by atoms with Crippen molar-refractivity contribution < 1.29 is 9.90 Å². The molecule has 2 aromatic rings. The molecule has 0 radical (unpaired) electrons. The van der Waals surface area contributed by atoms with Gasteiger partial charge in [-0.25, -0.2) is 0 Å². The highest BCUT2D eigenvalue weighted by Crippen LogP contribution is 2.15. The number of nitrogens with zero attached hydrogens (tertiary/aromatic N) is 1. The maximum atomic E-state index is 11.9. The van der Waals surface area contributed by atoms with Gasteiger partial charge < -0.3 is 10.4 Å². The minimum Gasteiger partial charge on any atom is -0.508 e. The second kappa shape index (κ2) is 5.31. The lowest BCUT2D eigenvalue weighted by atomic mass is 10.1. The number of carbonyl (C=O) groups excluding carboxylic acids is 1. The Labute approximate surface area is 105 Å². The number of rotatable bonds is 3. The number of aromatic hydroxyl groups is 1. The summed E-state index contributed by atoms with van der Waals surface area (Å²) < 4.78 is 0. The van der Waals surface area contributed by atoms with Crippen LogP contribution in [-0.4, -0.2) is 16.0 Å². The van der Waals surface area contributed by atoms with Crippen molar-refractivity contribution in [2.24, 2.45) is 0 Å². The van der Waals surface area contributed by atoms with Crippen molar-refractivity contribution in [3.8, 4) is 5.75 Å². The van der Waals surface area contributed by atoms with Crippen molar-refractivity contribution in [3.05, 3.63) is 59.4 Å². The van der Waals surface area contributed by atoms with Crippen LogP contribution in [0.25, 0.3) is 0 Å². The van der Waals surface area contributed by atoms with Gasteiger partial charge in [-0.3, -0.25) is 9.78 Å². The summed E-state index contributed by atoms with van der Waals surface area (Å²) in [5.74, 6) is 0.0162. The molecule has 0 saturated carbocycles. The maximum Gasteiger partial charge on any atom is 0.251 e. The Kier molecular flexibility index (Phi) is 3.57. The van der Waals surface area contributed by atoms with E-state index >= 15 is 0 Å². The van der Waals surface area contributed by atoms with Gasteiger partial charge in [-0.2, -0.15) is 0 Å². The molecule has 4 nitrogen and oxygen atoms in total. The van der Waals surface area contributed by atoms with E-state index in [4.69, 9.17) is 0 Å². The van der Waals surface area contributed by atoms with E-state index in [1.54, 1.807) is 31.5 Å². The SMILES string of the molecule is Cc1cc(O)ccc1C(=O)NCc1ccncc1. The number of benzene rings is 1. The monoisotopic (exact) mass is 242 g/mol. The van der Waals surface area contributed by atoms with Gasteiger partial charge in [0.05, 0.1) is 0 Å². The van der Waals surface area contributed by atoms with Crippen molar-refractivity contribution in [2.75, 3.05) is 0 Å². The Balaban J connectivity index is 2.04. The molecule has 0 unspecified atom stereocenters. The number of nitrogens with one attached hydrogen (secondary N) is 1. The van der Waals surface area contributed by atoms with Crippen LogP contribution in [0.1, 0.15) is 21.5 Å². The summed E-state index contributed by atoms with van der Waals surface area (Å²) >= 11 is 0. The van der Waals surface area contributed by atoms with E-state index in [-0.39, 0.29) is 11.7 Å². The van der Waals surface area contributed by atoms with Crippen molar-refractivity contribution in [1.82, 2.24) is 10.3 Å². The number of aromatic nitrogens is 1. The molecule has 0 spiro atoms. The topological polar surface area (TPSA) is 62.2 Å². The zero-order valence-corrected chi connectivity index (χ0v) is 10.1. The van der Waals surface area contributed by atoms with Crippen molar-refractivity contribution >= 4 is 5.91 Å². The highest BCUT2D eigenvalue weighted by molar-refractivity contribution is 5.95. The first-order valence-corrected chi connectivity index (χ1v) is 5.63. The van der Waals surface area contributed by atoms with Gasteiger partial charge in [0, 0.05) is 24.5 Å². The lowest BCUT2D eigenvalue weighted by Crippen LogP contribution is -2.23. The first kappa shape index (κ1) is 12.1. The van der Waals surface area contributed by atoms with Gasteiger partial charge in [0.1, 0.15) is 5.75 Å². The highest BCUT2D eigenvalue weighted by Gasteiger charge is 2.08. The lowest BCUT2D eigenvalue weighted by Gasteiger charge is -2.08. The summed E-state index contributed by atoms with van der Waals surface area (Å²) in [6.45, 7) is 2.25. The maximum absolute atomic E-state index is 11.9. The van der Waals surface area contributed by atoms with E-state index in [0.717, 1.165) is 11.1 Å². The van der Waals surface area contributed by atoms with Crippen LogP contribution < -0.4 is 5.32 Å². The molecule has 0 saturated heterocycles. The molecule has 1 aromatic carbocycles. The van der Waals surface area contributed by atoms with Gasteiger partial charge >= 0.3 is 0 Å². The number of aryl methyl sites for hydroxylation is 1. The third-order valence-electron chi connectivity index (χ3n) is 2.66. The van der Waals surface area contributed by atoms with Crippen LogP contribution in [0.15, 0.2) is 42.7 Å². The van der Waals surface area contributed by atoms with Gasteiger partial charge in [0.2, 0.25) is 0 Å². The Morgan fingerprint density at radius 3 is 2.67 bits per heavy atom. The summed E-state index contributed by atoms with van der Waals surface area (Å²) in [5.41, 5.74) is 2.32. The molecule has 1 aromatic heterocycles. The number of carbonyl (C=O) groups is 1. The number of phenolic OH excluding ortho intramolecular Hbond substituents is 1. The summed E-state index contributed by atoms with van der Waals surface area (Å²) in [6.07, 6.45) is 3.38. The second-order valence-corrected chi connectivity index (χ2v) is 4.04. The minimum atomic E-state index is -0.149. The second-order valence-electron chi connectivity index (χ2n) is 4.04. The van der Waals surface area contributed by atoms with Crippen LogP contribution in [0, 0.1) is 6.92 Å². The van der Waals surface area contributed by atoms with Crippen molar-refractivity contribution in [3.63, 3.8) is 0 Å². The van der Waals surface area contributed by atoms with Gasteiger partial charge in [-0.05, 0) is 48.4 Å². The molecular weight excluding hydrogens is 228 g/mol. The molecule has 4 heteroatoms. The average Bonchev–Trinajstić information content (AvgIpc) is 2.37. The first-order chi connectivity index (χ1) is 8.66. The van der Waals surface area contributed by atoms with E-state index in [2.05, 4.69) is 10.3 Å². The number of phenols is 1. The molecule has 1 amide bonds. The molecule has 0 aliphatic rings. The summed E-state index contributed by atoms with van der Waals surface area (Å²) in [4.78, 5) is 15.9. The van der Waals surface area contributed by atoms with Gasteiger partial charge in [-0.1, -0.05) is 0 Å². The van der Waals surface area contributed by atoms with Crippen molar-refractivity contribution in [2.45, 2.75) is 13.5 Å². The molecule has 0 aliphatic heterocycles. The van der Waals surface area contributed by atoms with Crippen LogP contribution in [0.5, 0.6) is 5.75 Å². The summed E-state index contributed by atoms with van der Waals surface area (Å²) in [6, 6.07) is 8.40. The molecule has 92 valence electrons. The Hall–Kier alpha value is -2.36. The van der Waals surface area contributed by atoms with Gasteiger partial charge in [0.25, 0.3) is 5.91 Å². The van der Waals surface area contributed by atoms with Gasteiger partial charge in [0.15, 0.2) is 0 Å². The molecule has 1 heterocycles. The molecular formula is C14H14N2O2. The molecule has 0 fully saturated rings. The van der Waals surface area contributed by atoms with Crippen LogP contribution in [0.2, 0.25) is 0 Å². The molecule has 0 atom stereocenters. The van der Waals surface area contributed by atoms with E-state index in [0.29, 0.717) is 12.1 Å². The van der Waals surface area contributed by atoms with Crippen LogP contribution in [-0.2, 0) is 6.54 Å². The highest BCUT2D eigenvalue weighted by atomic mass is 16.3. The summed E-state index contributed by atoms with van der Waals surface area (Å²) in [7, 11) is 0. The Morgan fingerprint density at radius 1 is 1.28 bits per heavy atom. The largest absolute Gasteiger partial charge is 0.508 e. The quantitative estimate of drug-likeness (QED) is 0.865. The van der Waals surface area contributed by atoms with Crippen LogP contribution >= 0.6 is 0 Å².